The summed E-state index contributed by atoms with van der Waals surface area (Å²) in [7, 11) is 0. The Balaban J connectivity index is 1.57. The molecule has 8 heteroatoms. The molecule has 7 nitrogen and oxygen atoms in total. The van der Waals surface area contributed by atoms with E-state index >= 15 is 0 Å². The number of benzene rings is 2. The van der Waals surface area contributed by atoms with Crippen molar-refractivity contribution in [2.24, 2.45) is 5.92 Å². The lowest BCUT2D eigenvalue weighted by atomic mass is 9.99. The van der Waals surface area contributed by atoms with E-state index in [9.17, 15) is 19.2 Å². The van der Waals surface area contributed by atoms with E-state index in [1.165, 1.54) is 23.5 Å². The third-order valence-electron chi connectivity index (χ3n) is 6.82. The molecule has 1 aliphatic rings. The number of hydrogen-bond acceptors (Lipinski definition) is 5. The lowest BCUT2D eigenvalue weighted by molar-refractivity contribution is -0.120. The van der Waals surface area contributed by atoms with Gasteiger partial charge < -0.3 is 4.74 Å². The van der Waals surface area contributed by atoms with Crippen molar-refractivity contribution < 1.29 is 14.3 Å². The van der Waals surface area contributed by atoms with Gasteiger partial charge in [-0.2, -0.15) is 0 Å². The van der Waals surface area contributed by atoms with Gasteiger partial charge in [0.05, 0.1) is 29.1 Å². The smallest absolute Gasteiger partial charge is 0.331 e. The number of nitrogens with zero attached hydrogens (tertiary/aromatic N) is 2. The molecule has 0 N–H and O–H groups in total. The molecule has 1 fully saturated rings. The van der Waals surface area contributed by atoms with Gasteiger partial charge in [-0.1, -0.05) is 49.4 Å². The molecule has 2 aromatic carbocycles. The predicted molar refractivity (Wildman–Crippen MR) is 140 cm³/mol. The number of carbonyl (C=O) groups is 2. The third-order valence-corrected chi connectivity index (χ3v) is 7.11. The lowest BCUT2D eigenvalue weighted by Crippen LogP contribution is -2.41. The van der Waals surface area contributed by atoms with E-state index in [0.29, 0.717) is 59.0 Å². The Morgan fingerprint density at radius 2 is 1.81 bits per heavy atom. The lowest BCUT2D eigenvalue weighted by Gasteiger charge is -2.14. The fourth-order valence-corrected chi connectivity index (χ4v) is 5.21. The van der Waals surface area contributed by atoms with Crippen molar-refractivity contribution >= 4 is 34.1 Å². The van der Waals surface area contributed by atoms with Gasteiger partial charge in [-0.3, -0.25) is 23.5 Å². The number of rotatable bonds is 11. The molecule has 0 aliphatic heterocycles. The first kappa shape index (κ1) is 25.9. The number of ketones is 2. The first-order chi connectivity index (χ1) is 17.4. The molecule has 190 valence electrons. The maximum Gasteiger partial charge on any atom is 0.331 e. The normalized spacial score (nSPS) is 13.8. The summed E-state index contributed by atoms with van der Waals surface area (Å²) < 4.78 is 7.89. The van der Waals surface area contributed by atoms with E-state index in [2.05, 4.69) is 0 Å². The molecule has 1 heterocycles. The monoisotopic (exact) mass is 510 g/mol. The van der Waals surface area contributed by atoms with Crippen molar-refractivity contribution in [3.05, 3.63) is 73.9 Å². The number of halogens is 1. The minimum absolute atomic E-state index is 0.127. The maximum atomic E-state index is 13.4. The second kappa shape index (κ2) is 11.7. The minimum atomic E-state index is -0.563. The molecular weight excluding hydrogens is 480 g/mol. The van der Waals surface area contributed by atoms with E-state index < -0.39 is 11.2 Å². The van der Waals surface area contributed by atoms with Gasteiger partial charge in [0, 0.05) is 24.9 Å². The predicted octanol–water partition coefficient (Wildman–Crippen LogP) is 5.03. The zero-order valence-corrected chi connectivity index (χ0v) is 21.3. The van der Waals surface area contributed by atoms with Crippen molar-refractivity contribution in [1.82, 2.24) is 9.13 Å². The number of carbonyl (C=O) groups excluding carboxylic acids is 2. The molecule has 0 bridgehead atoms. The highest BCUT2D eigenvalue weighted by Crippen LogP contribution is 2.28. The van der Waals surface area contributed by atoms with Crippen LogP contribution in [0.2, 0.25) is 5.02 Å². The maximum absolute atomic E-state index is 13.4. The average molecular weight is 511 g/mol. The molecule has 36 heavy (non-hydrogen) atoms. The largest absolute Gasteiger partial charge is 0.492 e. The van der Waals surface area contributed by atoms with E-state index in [4.69, 9.17) is 16.3 Å². The molecule has 1 aliphatic carbocycles. The summed E-state index contributed by atoms with van der Waals surface area (Å²) in [6.45, 7) is 2.17. The quantitative estimate of drug-likeness (QED) is 0.338. The van der Waals surface area contributed by atoms with Crippen LogP contribution < -0.4 is 16.0 Å². The van der Waals surface area contributed by atoms with Crippen LogP contribution in [0, 0.1) is 5.92 Å². The molecule has 0 atom stereocenters. The minimum Gasteiger partial charge on any atom is -0.492 e. The Labute approximate surface area is 214 Å². The first-order valence-corrected chi connectivity index (χ1v) is 13.0. The molecule has 0 saturated heterocycles. The Kier molecular flexibility index (Phi) is 8.41. The van der Waals surface area contributed by atoms with Crippen LogP contribution in [0.15, 0.2) is 52.1 Å². The van der Waals surface area contributed by atoms with Crippen LogP contribution in [0.5, 0.6) is 5.75 Å². The van der Waals surface area contributed by atoms with Gasteiger partial charge in [-0.05, 0) is 49.6 Å². The topological polar surface area (TPSA) is 87.4 Å². The molecule has 3 aromatic rings. The molecule has 1 aromatic heterocycles. The Hall–Kier alpha value is -3.19. The zero-order valence-electron chi connectivity index (χ0n) is 20.5. The van der Waals surface area contributed by atoms with Gasteiger partial charge in [0.2, 0.25) is 0 Å². The van der Waals surface area contributed by atoms with Crippen molar-refractivity contribution in [3.63, 3.8) is 0 Å². The van der Waals surface area contributed by atoms with Crippen molar-refractivity contribution in [1.29, 1.82) is 0 Å². The zero-order chi connectivity index (χ0) is 25.7. The van der Waals surface area contributed by atoms with E-state index in [1.54, 1.807) is 36.4 Å². The average Bonchev–Trinajstić information content (AvgIpc) is 3.38. The van der Waals surface area contributed by atoms with Crippen molar-refractivity contribution in [3.8, 4) is 5.75 Å². The molecule has 0 unspecified atom stereocenters. The van der Waals surface area contributed by atoms with Gasteiger partial charge in [0.25, 0.3) is 5.56 Å². The van der Waals surface area contributed by atoms with Crippen molar-refractivity contribution in [2.45, 2.75) is 65.0 Å². The van der Waals surface area contributed by atoms with E-state index in [0.717, 1.165) is 17.4 Å². The van der Waals surface area contributed by atoms with Crippen LogP contribution in [-0.2, 0) is 17.9 Å². The number of Topliss-reactive ketones (excluding diaryl/α,β-unsaturated/α-hetero) is 2. The van der Waals surface area contributed by atoms with Crippen LogP contribution in [0.25, 0.3) is 10.9 Å². The summed E-state index contributed by atoms with van der Waals surface area (Å²) in [6.07, 6.45) is 5.90. The third kappa shape index (κ3) is 5.78. The Morgan fingerprint density at radius 3 is 2.53 bits per heavy atom. The molecule has 1 saturated carbocycles. The summed E-state index contributed by atoms with van der Waals surface area (Å²) >= 11 is 6.24. The van der Waals surface area contributed by atoms with Crippen LogP contribution in [-0.4, -0.2) is 27.3 Å². The molecule has 0 spiro atoms. The van der Waals surface area contributed by atoms with Crippen LogP contribution in [0.1, 0.15) is 62.2 Å². The SMILES string of the molecule is CCOc1ccc(C(=O)Cn2c(=O)n(CCCC(=O)CC3CCCC3)c(=O)c3ccccc32)cc1Cl. The molecule has 0 amide bonds. The standard InChI is InChI=1S/C28H31ClN2O5/c1-2-36-26-14-13-20(17-23(26)29)25(33)18-31-24-12-6-5-11-22(24)27(34)30(28(31)35)15-7-10-21(32)16-19-8-3-4-9-19/h5-6,11-14,17,19H,2-4,7-10,15-16,18H2,1H3. The highest BCUT2D eigenvalue weighted by atomic mass is 35.5. The van der Waals surface area contributed by atoms with Gasteiger partial charge in [0.15, 0.2) is 5.78 Å². The van der Waals surface area contributed by atoms with E-state index in [-0.39, 0.29) is 24.7 Å². The highest BCUT2D eigenvalue weighted by Gasteiger charge is 2.20. The van der Waals surface area contributed by atoms with Crippen LogP contribution in [0.3, 0.4) is 0 Å². The Morgan fingerprint density at radius 1 is 1.06 bits per heavy atom. The van der Waals surface area contributed by atoms with E-state index in [1.807, 2.05) is 6.92 Å². The summed E-state index contributed by atoms with van der Waals surface area (Å²) in [4.78, 5) is 52.0. The first-order valence-electron chi connectivity index (χ1n) is 12.6. The number of fused-ring (bicyclic) bond motifs is 1. The fraction of sp³-hybridized carbons (Fsp3) is 0.429. The Bertz CT molecular complexity index is 1380. The molecule has 4 rings (SSSR count). The van der Waals surface area contributed by atoms with Crippen LogP contribution >= 0.6 is 11.6 Å². The van der Waals surface area contributed by atoms with Crippen LogP contribution in [0.4, 0.5) is 0 Å². The second-order valence-corrected chi connectivity index (χ2v) is 9.75. The number of ether oxygens (including phenoxy) is 1. The highest BCUT2D eigenvalue weighted by molar-refractivity contribution is 6.32. The van der Waals surface area contributed by atoms with Gasteiger partial charge in [0.1, 0.15) is 11.5 Å². The summed E-state index contributed by atoms with van der Waals surface area (Å²) in [5, 5.41) is 0.666. The van der Waals surface area contributed by atoms with Crippen molar-refractivity contribution in [2.75, 3.05) is 6.61 Å². The second-order valence-electron chi connectivity index (χ2n) is 9.34. The fourth-order valence-electron chi connectivity index (χ4n) is 4.98. The number of aromatic nitrogens is 2. The summed E-state index contributed by atoms with van der Waals surface area (Å²) in [5.74, 6) is 0.817. The molecular formula is C28H31ClN2O5. The summed E-state index contributed by atoms with van der Waals surface area (Å²) in [6, 6.07) is 11.5. The van der Waals surface area contributed by atoms with Gasteiger partial charge in [-0.25, -0.2) is 4.79 Å². The number of para-hydroxylation sites is 1. The van der Waals surface area contributed by atoms with Gasteiger partial charge >= 0.3 is 5.69 Å². The molecule has 0 radical (unpaired) electrons. The number of hydrogen-bond donors (Lipinski definition) is 0. The van der Waals surface area contributed by atoms with Gasteiger partial charge in [-0.15, -0.1) is 0 Å². The summed E-state index contributed by atoms with van der Waals surface area (Å²) in [5.41, 5.74) is -0.236.